The van der Waals surface area contributed by atoms with Crippen molar-refractivity contribution in [3.8, 4) is 0 Å². The fourth-order valence-electron chi connectivity index (χ4n) is 1.50. The summed E-state index contributed by atoms with van der Waals surface area (Å²) in [6.07, 6.45) is -3.51. The number of thioether (sulfide) groups is 1. The Hall–Kier alpha value is -0.720. The first-order valence-corrected chi connectivity index (χ1v) is 7.25. The number of halogens is 3. The van der Waals surface area contributed by atoms with E-state index in [1.54, 1.807) is 17.8 Å². The van der Waals surface area contributed by atoms with Crippen LogP contribution >= 0.6 is 11.8 Å². The Morgan fingerprint density at radius 1 is 1.21 bits per heavy atom. The minimum absolute atomic E-state index is 0.199. The van der Waals surface area contributed by atoms with Gasteiger partial charge in [0.1, 0.15) is 0 Å². The first-order valence-electron chi connectivity index (χ1n) is 6.09. The molecule has 0 aromatic heterocycles. The van der Waals surface area contributed by atoms with Crippen LogP contribution in [-0.2, 0) is 12.7 Å². The third-order valence-electron chi connectivity index (χ3n) is 2.45. The zero-order chi connectivity index (χ0) is 14.1. The van der Waals surface area contributed by atoms with Crippen LogP contribution in [0.4, 0.5) is 13.2 Å². The lowest BCUT2D eigenvalue weighted by Crippen LogP contribution is -2.17. The SMILES string of the molecule is OCCCSCCNCc1cccc(C(F)(F)F)c1. The highest BCUT2D eigenvalue weighted by atomic mass is 32.2. The Morgan fingerprint density at radius 3 is 2.68 bits per heavy atom. The molecule has 19 heavy (non-hydrogen) atoms. The van der Waals surface area contributed by atoms with Crippen LogP contribution in [-0.4, -0.2) is 29.8 Å². The lowest BCUT2D eigenvalue weighted by Gasteiger charge is -2.09. The molecule has 0 atom stereocenters. The molecule has 1 aromatic rings. The molecule has 0 bridgehead atoms. The number of nitrogens with one attached hydrogen (secondary N) is 1. The minimum Gasteiger partial charge on any atom is -0.396 e. The van der Waals surface area contributed by atoms with Crippen LogP contribution in [0.25, 0.3) is 0 Å². The van der Waals surface area contributed by atoms with Crippen molar-refractivity contribution >= 4 is 11.8 Å². The van der Waals surface area contributed by atoms with Crippen molar-refractivity contribution in [3.05, 3.63) is 35.4 Å². The molecule has 108 valence electrons. The molecule has 0 heterocycles. The summed E-state index contributed by atoms with van der Waals surface area (Å²) in [7, 11) is 0. The normalized spacial score (nSPS) is 11.8. The second-order valence-electron chi connectivity index (χ2n) is 4.06. The van der Waals surface area contributed by atoms with Crippen molar-refractivity contribution in [1.82, 2.24) is 5.32 Å². The molecule has 1 aromatic carbocycles. The summed E-state index contributed by atoms with van der Waals surface area (Å²) in [4.78, 5) is 0. The topological polar surface area (TPSA) is 32.3 Å². The van der Waals surface area contributed by atoms with E-state index in [2.05, 4.69) is 5.32 Å². The average Bonchev–Trinajstić information content (AvgIpc) is 2.37. The Balaban J connectivity index is 2.26. The zero-order valence-electron chi connectivity index (χ0n) is 10.5. The maximum Gasteiger partial charge on any atom is 0.416 e. The van der Waals surface area contributed by atoms with Gasteiger partial charge in [-0.25, -0.2) is 0 Å². The lowest BCUT2D eigenvalue weighted by molar-refractivity contribution is -0.137. The van der Waals surface area contributed by atoms with Crippen molar-refractivity contribution in [2.45, 2.75) is 19.1 Å². The van der Waals surface area contributed by atoms with Crippen molar-refractivity contribution in [1.29, 1.82) is 0 Å². The molecule has 1 rings (SSSR count). The smallest absolute Gasteiger partial charge is 0.396 e. The largest absolute Gasteiger partial charge is 0.416 e. The predicted octanol–water partition coefficient (Wildman–Crippen LogP) is 2.91. The van der Waals surface area contributed by atoms with Crippen LogP contribution in [0.5, 0.6) is 0 Å². The number of hydrogen-bond donors (Lipinski definition) is 2. The number of alkyl halides is 3. The molecule has 6 heteroatoms. The van der Waals surface area contributed by atoms with E-state index in [1.165, 1.54) is 12.1 Å². The lowest BCUT2D eigenvalue weighted by atomic mass is 10.1. The van der Waals surface area contributed by atoms with Crippen LogP contribution in [0.2, 0.25) is 0 Å². The van der Waals surface area contributed by atoms with Crippen molar-refractivity contribution < 1.29 is 18.3 Å². The number of aliphatic hydroxyl groups excluding tert-OH is 1. The molecule has 0 aliphatic heterocycles. The van der Waals surface area contributed by atoms with E-state index in [0.717, 1.165) is 30.5 Å². The second kappa shape index (κ2) is 8.45. The van der Waals surface area contributed by atoms with E-state index in [0.29, 0.717) is 12.1 Å². The maximum atomic E-state index is 12.5. The van der Waals surface area contributed by atoms with Gasteiger partial charge in [-0.1, -0.05) is 18.2 Å². The quantitative estimate of drug-likeness (QED) is 0.723. The molecular weight excluding hydrogens is 275 g/mol. The third kappa shape index (κ3) is 6.84. The summed E-state index contributed by atoms with van der Waals surface area (Å²) in [6.45, 7) is 1.38. The van der Waals surface area contributed by atoms with E-state index < -0.39 is 11.7 Å². The minimum atomic E-state index is -4.28. The standard InChI is InChI=1S/C13H18F3NOS/c14-13(15,16)12-4-1-3-11(9-12)10-17-5-8-19-7-2-6-18/h1,3-4,9,17-18H,2,5-8,10H2. The van der Waals surface area contributed by atoms with Gasteiger partial charge < -0.3 is 10.4 Å². The van der Waals surface area contributed by atoms with Gasteiger partial charge in [0.25, 0.3) is 0 Å². The van der Waals surface area contributed by atoms with Gasteiger partial charge in [-0.2, -0.15) is 24.9 Å². The highest BCUT2D eigenvalue weighted by molar-refractivity contribution is 7.99. The fraction of sp³-hybridized carbons (Fsp3) is 0.538. The van der Waals surface area contributed by atoms with Crippen LogP contribution < -0.4 is 5.32 Å². The molecule has 0 spiro atoms. The van der Waals surface area contributed by atoms with Gasteiger partial charge in [0, 0.05) is 25.4 Å². The molecular formula is C13H18F3NOS. The van der Waals surface area contributed by atoms with Gasteiger partial charge in [-0.05, 0) is 23.8 Å². The van der Waals surface area contributed by atoms with Crippen LogP contribution in [0.15, 0.2) is 24.3 Å². The first kappa shape index (κ1) is 16.3. The molecule has 2 N–H and O–H groups in total. The summed E-state index contributed by atoms with van der Waals surface area (Å²) in [5.74, 6) is 1.79. The molecule has 0 aliphatic carbocycles. The molecule has 0 saturated heterocycles. The van der Waals surface area contributed by atoms with Crippen LogP contribution in [0, 0.1) is 0 Å². The summed E-state index contributed by atoms with van der Waals surface area (Å²) in [5, 5.41) is 11.7. The van der Waals surface area contributed by atoms with Crippen LogP contribution in [0.3, 0.4) is 0 Å². The molecule has 2 nitrogen and oxygen atoms in total. The summed E-state index contributed by atoms with van der Waals surface area (Å²) >= 11 is 1.72. The number of aliphatic hydroxyl groups is 1. The van der Waals surface area contributed by atoms with E-state index in [-0.39, 0.29) is 6.61 Å². The molecule has 0 aliphatic rings. The van der Waals surface area contributed by atoms with E-state index in [1.807, 2.05) is 0 Å². The number of hydrogen-bond acceptors (Lipinski definition) is 3. The van der Waals surface area contributed by atoms with E-state index >= 15 is 0 Å². The summed E-state index contributed by atoms with van der Waals surface area (Å²) in [5.41, 5.74) is 0.0271. The zero-order valence-corrected chi connectivity index (χ0v) is 11.4. The molecule has 0 saturated carbocycles. The first-order chi connectivity index (χ1) is 9.04. The monoisotopic (exact) mass is 293 g/mol. The Kier molecular flexibility index (Phi) is 7.27. The van der Waals surface area contributed by atoms with Gasteiger partial charge in [0.05, 0.1) is 5.56 Å². The molecule has 0 unspecified atom stereocenters. The van der Waals surface area contributed by atoms with Crippen molar-refractivity contribution in [2.75, 3.05) is 24.7 Å². The highest BCUT2D eigenvalue weighted by Crippen LogP contribution is 2.29. The Bertz CT molecular complexity index is 371. The summed E-state index contributed by atoms with van der Waals surface area (Å²) in [6, 6.07) is 5.36. The highest BCUT2D eigenvalue weighted by Gasteiger charge is 2.30. The van der Waals surface area contributed by atoms with Gasteiger partial charge in [-0.3, -0.25) is 0 Å². The third-order valence-corrected chi connectivity index (χ3v) is 3.52. The van der Waals surface area contributed by atoms with Crippen molar-refractivity contribution in [3.63, 3.8) is 0 Å². The summed E-state index contributed by atoms with van der Waals surface area (Å²) < 4.78 is 37.5. The second-order valence-corrected chi connectivity index (χ2v) is 5.29. The molecule has 0 amide bonds. The fourth-order valence-corrected chi connectivity index (χ4v) is 2.33. The predicted molar refractivity (Wildman–Crippen MR) is 72.2 cm³/mol. The number of rotatable bonds is 8. The van der Waals surface area contributed by atoms with E-state index in [9.17, 15) is 13.2 Å². The molecule has 0 radical (unpaired) electrons. The Labute approximate surface area is 115 Å². The maximum absolute atomic E-state index is 12.5. The molecule has 0 fully saturated rings. The van der Waals surface area contributed by atoms with Crippen molar-refractivity contribution in [2.24, 2.45) is 0 Å². The average molecular weight is 293 g/mol. The number of benzene rings is 1. The van der Waals surface area contributed by atoms with Gasteiger partial charge in [-0.15, -0.1) is 0 Å². The van der Waals surface area contributed by atoms with E-state index in [4.69, 9.17) is 5.11 Å². The van der Waals surface area contributed by atoms with Gasteiger partial charge in [0.15, 0.2) is 0 Å². The van der Waals surface area contributed by atoms with Gasteiger partial charge in [0.2, 0.25) is 0 Å². The van der Waals surface area contributed by atoms with Crippen LogP contribution in [0.1, 0.15) is 17.5 Å². The Morgan fingerprint density at radius 2 is 2.00 bits per heavy atom. The van der Waals surface area contributed by atoms with Gasteiger partial charge >= 0.3 is 6.18 Å².